The normalized spacial score (nSPS) is 11.9. The number of amides is 1. The fraction of sp³-hybridized carbons (Fsp3) is 0.214. The van der Waals surface area contributed by atoms with E-state index in [-0.39, 0.29) is 17.1 Å². The van der Waals surface area contributed by atoms with Crippen molar-refractivity contribution >= 4 is 23.3 Å². The predicted molar refractivity (Wildman–Crippen MR) is 78.3 cm³/mol. The van der Waals surface area contributed by atoms with Crippen molar-refractivity contribution in [1.82, 2.24) is 9.97 Å². The summed E-state index contributed by atoms with van der Waals surface area (Å²) in [6.07, 6.45) is 2.18. The average Bonchev–Trinajstić information content (AvgIpc) is 2.46. The van der Waals surface area contributed by atoms with Crippen LogP contribution in [0.5, 0.6) is 0 Å². The van der Waals surface area contributed by atoms with Crippen molar-refractivity contribution in [2.75, 3.05) is 5.32 Å². The molecule has 0 radical (unpaired) electrons. The number of nitrogens with one attached hydrogen (secondary N) is 1. The smallest absolute Gasteiger partial charge is 0.225 e. The van der Waals surface area contributed by atoms with Crippen LogP contribution in [0.15, 0.2) is 42.7 Å². The van der Waals surface area contributed by atoms with Crippen molar-refractivity contribution in [3.8, 4) is 0 Å². The molecule has 1 aromatic carbocycles. The molecule has 5 nitrogen and oxygen atoms in total. The zero-order valence-electron chi connectivity index (χ0n) is 10.8. The summed E-state index contributed by atoms with van der Waals surface area (Å²) in [6.45, 7) is 0. The molecule has 3 N–H and O–H groups in total. The number of hydrogen-bond donors (Lipinski definition) is 2. The Labute approximate surface area is 122 Å². The highest BCUT2D eigenvalue weighted by molar-refractivity contribution is 6.29. The summed E-state index contributed by atoms with van der Waals surface area (Å²) < 4.78 is 0. The van der Waals surface area contributed by atoms with E-state index in [0.29, 0.717) is 18.7 Å². The Morgan fingerprint density at radius 2 is 2.05 bits per heavy atom. The van der Waals surface area contributed by atoms with Crippen LogP contribution in [-0.2, 0) is 4.79 Å². The zero-order chi connectivity index (χ0) is 14.4. The molecule has 0 aliphatic heterocycles. The number of benzene rings is 1. The molecule has 2 aromatic rings. The SMILES string of the molecule is NC(CCC(=O)Nc1cc(Cl)ncn1)c1ccccc1. The van der Waals surface area contributed by atoms with E-state index in [0.717, 1.165) is 5.56 Å². The number of nitrogens with zero attached hydrogens (tertiary/aromatic N) is 2. The van der Waals surface area contributed by atoms with Gasteiger partial charge in [0.05, 0.1) is 0 Å². The third-order valence-corrected chi connectivity index (χ3v) is 3.02. The van der Waals surface area contributed by atoms with Crippen LogP contribution >= 0.6 is 11.6 Å². The van der Waals surface area contributed by atoms with Crippen LogP contribution in [0.4, 0.5) is 5.82 Å². The molecule has 0 saturated carbocycles. The molecule has 1 atom stereocenters. The number of anilines is 1. The Balaban J connectivity index is 1.83. The number of halogens is 1. The van der Waals surface area contributed by atoms with Crippen LogP contribution in [0.25, 0.3) is 0 Å². The van der Waals surface area contributed by atoms with Crippen LogP contribution in [0, 0.1) is 0 Å². The van der Waals surface area contributed by atoms with Gasteiger partial charge in [-0.2, -0.15) is 0 Å². The van der Waals surface area contributed by atoms with Crippen LogP contribution in [0.3, 0.4) is 0 Å². The minimum atomic E-state index is -0.157. The topological polar surface area (TPSA) is 80.9 Å². The lowest BCUT2D eigenvalue weighted by Crippen LogP contribution is -2.17. The molecular formula is C14H15ClN4O. The highest BCUT2D eigenvalue weighted by Crippen LogP contribution is 2.16. The van der Waals surface area contributed by atoms with Gasteiger partial charge < -0.3 is 11.1 Å². The zero-order valence-corrected chi connectivity index (χ0v) is 11.5. The molecule has 6 heteroatoms. The van der Waals surface area contributed by atoms with E-state index in [1.807, 2.05) is 30.3 Å². The number of hydrogen-bond acceptors (Lipinski definition) is 4. The monoisotopic (exact) mass is 290 g/mol. The molecule has 0 bridgehead atoms. The highest BCUT2D eigenvalue weighted by atomic mass is 35.5. The maximum absolute atomic E-state index is 11.8. The molecule has 0 spiro atoms. The van der Waals surface area contributed by atoms with Gasteiger partial charge in [-0.1, -0.05) is 41.9 Å². The number of carbonyl (C=O) groups is 1. The van der Waals surface area contributed by atoms with E-state index < -0.39 is 0 Å². The summed E-state index contributed by atoms with van der Waals surface area (Å²) in [4.78, 5) is 19.4. The third-order valence-electron chi connectivity index (χ3n) is 2.81. The van der Waals surface area contributed by atoms with Crippen molar-refractivity contribution in [3.05, 3.63) is 53.4 Å². The second-order valence-corrected chi connectivity index (χ2v) is 4.72. The average molecular weight is 291 g/mol. The van der Waals surface area contributed by atoms with E-state index >= 15 is 0 Å². The van der Waals surface area contributed by atoms with E-state index in [4.69, 9.17) is 17.3 Å². The molecule has 1 heterocycles. The summed E-state index contributed by atoms with van der Waals surface area (Å²) in [5, 5.41) is 2.95. The summed E-state index contributed by atoms with van der Waals surface area (Å²) in [5.41, 5.74) is 7.05. The first-order valence-corrected chi connectivity index (χ1v) is 6.61. The fourth-order valence-electron chi connectivity index (χ4n) is 1.76. The maximum atomic E-state index is 11.8. The minimum absolute atomic E-state index is 0.147. The lowest BCUT2D eigenvalue weighted by atomic mass is 10.0. The highest BCUT2D eigenvalue weighted by Gasteiger charge is 2.09. The van der Waals surface area contributed by atoms with Crippen molar-refractivity contribution in [1.29, 1.82) is 0 Å². The van der Waals surface area contributed by atoms with Gasteiger partial charge in [0.25, 0.3) is 0 Å². The van der Waals surface area contributed by atoms with E-state index in [1.165, 1.54) is 12.4 Å². The first-order chi connectivity index (χ1) is 9.65. The molecule has 20 heavy (non-hydrogen) atoms. The van der Waals surface area contributed by atoms with Gasteiger partial charge in [-0.15, -0.1) is 0 Å². The Hall–Kier alpha value is -1.98. The molecule has 0 aliphatic rings. The number of carbonyl (C=O) groups excluding carboxylic acids is 1. The lowest BCUT2D eigenvalue weighted by Gasteiger charge is -2.11. The van der Waals surface area contributed by atoms with Crippen LogP contribution < -0.4 is 11.1 Å². The Morgan fingerprint density at radius 1 is 1.30 bits per heavy atom. The van der Waals surface area contributed by atoms with Crippen molar-refractivity contribution in [2.45, 2.75) is 18.9 Å². The van der Waals surface area contributed by atoms with Crippen molar-refractivity contribution < 1.29 is 4.79 Å². The van der Waals surface area contributed by atoms with Gasteiger partial charge in [0.1, 0.15) is 17.3 Å². The predicted octanol–water partition coefficient (Wildman–Crippen LogP) is 2.55. The first kappa shape index (κ1) is 14.4. The minimum Gasteiger partial charge on any atom is -0.324 e. The molecule has 104 valence electrons. The quantitative estimate of drug-likeness (QED) is 0.829. The maximum Gasteiger partial charge on any atom is 0.225 e. The van der Waals surface area contributed by atoms with Gasteiger partial charge in [-0.3, -0.25) is 4.79 Å². The van der Waals surface area contributed by atoms with E-state index in [1.54, 1.807) is 0 Å². The van der Waals surface area contributed by atoms with E-state index in [9.17, 15) is 4.79 Å². The van der Waals surface area contributed by atoms with Crippen LogP contribution in [0.1, 0.15) is 24.4 Å². The summed E-state index contributed by atoms with van der Waals surface area (Å²) in [5.74, 6) is 0.245. The summed E-state index contributed by atoms with van der Waals surface area (Å²) >= 11 is 5.71. The number of aromatic nitrogens is 2. The molecular weight excluding hydrogens is 276 g/mol. The Morgan fingerprint density at radius 3 is 2.75 bits per heavy atom. The van der Waals surface area contributed by atoms with Crippen molar-refractivity contribution in [3.63, 3.8) is 0 Å². The van der Waals surface area contributed by atoms with Gasteiger partial charge in [0.2, 0.25) is 5.91 Å². The molecule has 0 fully saturated rings. The first-order valence-electron chi connectivity index (χ1n) is 6.23. The summed E-state index contributed by atoms with van der Waals surface area (Å²) in [7, 11) is 0. The number of nitrogens with two attached hydrogens (primary N) is 1. The third kappa shape index (κ3) is 4.29. The Kier molecular flexibility index (Phi) is 5.03. The van der Waals surface area contributed by atoms with Crippen molar-refractivity contribution in [2.24, 2.45) is 5.73 Å². The van der Waals surface area contributed by atoms with Gasteiger partial charge >= 0.3 is 0 Å². The van der Waals surface area contributed by atoms with Crippen LogP contribution in [0.2, 0.25) is 5.15 Å². The molecule has 0 saturated heterocycles. The molecule has 1 aromatic heterocycles. The van der Waals surface area contributed by atoms with Gasteiger partial charge in [-0.25, -0.2) is 9.97 Å². The molecule has 1 amide bonds. The van der Waals surface area contributed by atoms with Gasteiger partial charge in [-0.05, 0) is 12.0 Å². The molecule has 2 rings (SSSR count). The van der Waals surface area contributed by atoms with Gasteiger partial charge in [0.15, 0.2) is 0 Å². The summed E-state index contributed by atoms with van der Waals surface area (Å²) in [6, 6.07) is 11.0. The second-order valence-electron chi connectivity index (χ2n) is 4.33. The van der Waals surface area contributed by atoms with Gasteiger partial charge in [0, 0.05) is 18.5 Å². The molecule has 1 unspecified atom stereocenters. The van der Waals surface area contributed by atoms with Crippen LogP contribution in [-0.4, -0.2) is 15.9 Å². The molecule has 0 aliphatic carbocycles. The fourth-order valence-corrected chi connectivity index (χ4v) is 1.91. The van der Waals surface area contributed by atoms with E-state index in [2.05, 4.69) is 15.3 Å². The largest absolute Gasteiger partial charge is 0.324 e. The standard InChI is InChI=1S/C14H15ClN4O/c15-12-8-13(18-9-17-12)19-14(20)7-6-11(16)10-4-2-1-3-5-10/h1-5,8-9,11H,6-7,16H2,(H,17,18,19,20). The second kappa shape index (κ2) is 6.98. The Bertz CT molecular complexity index is 576. The number of rotatable bonds is 5. The lowest BCUT2D eigenvalue weighted by molar-refractivity contribution is -0.116.